The summed E-state index contributed by atoms with van der Waals surface area (Å²) in [4.78, 5) is 6.38. The van der Waals surface area contributed by atoms with E-state index in [0.717, 1.165) is 22.3 Å². The molecule has 1 aromatic carbocycles. The smallest absolute Gasteiger partial charge is 0.223 e. The molecule has 0 amide bonds. The molecule has 0 bridgehead atoms. The predicted molar refractivity (Wildman–Crippen MR) is 69.2 cm³/mol. The Bertz CT molecular complexity index is 538. The highest BCUT2D eigenvalue weighted by atomic mass is 16.5. The van der Waals surface area contributed by atoms with Crippen molar-refractivity contribution in [3.05, 3.63) is 24.3 Å². The third-order valence-electron chi connectivity index (χ3n) is 2.64. The van der Waals surface area contributed by atoms with Gasteiger partial charge in [-0.3, -0.25) is 0 Å². The molecule has 0 fully saturated rings. The molecule has 0 saturated heterocycles. The zero-order chi connectivity index (χ0) is 12.4. The van der Waals surface area contributed by atoms with E-state index in [0.29, 0.717) is 5.88 Å². The molecule has 0 spiro atoms. The summed E-state index contributed by atoms with van der Waals surface area (Å²) in [5.41, 5.74) is 0. The van der Waals surface area contributed by atoms with E-state index < -0.39 is 0 Å². The fraction of sp³-hybridized carbons (Fsp3) is 0.308. The minimum Gasteiger partial charge on any atom is -0.497 e. The Balaban J connectivity index is 2.69. The standard InChI is InChI=1S/C13H16N2O2/c1-15(2)12-8-9-7-10(16-3)5-6-11(9)13(14-12)17-4/h5-8H,1-4H3. The molecule has 4 nitrogen and oxygen atoms in total. The highest BCUT2D eigenvalue weighted by Gasteiger charge is 2.08. The number of methoxy groups -OCH3 is 2. The summed E-state index contributed by atoms with van der Waals surface area (Å²) >= 11 is 0. The van der Waals surface area contributed by atoms with Crippen molar-refractivity contribution < 1.29 is 9.47 Å². The van der Waals surface area contributed by atoms with E-state index in [1.54, 1.807) is 14.2 Å². The van der Waals surface area contributed by atoms with Crippen LogP contribution < -0.4 is 14.4 Å². The highest BCUT2D eigenvalue weighted by molar-refractivity contribution is 5.90. The first-order chi connectivity index (χ1) is 8.15. The van der Waals surface area contributed by atoms with Crippen LogP contribution >= 0.6 is 0 Å². The van der Waals surface area contributed by atoms with Crippen LogP contribution in [0.3, 0.4) is 0 Å². The summed E-state index contributed by atoms with van der Waals surface area (Å²) in [7, 11) is 7.19. The van der Waals surface area contributed by atoms with E-state index >= 15 is 0 Å². The van der Waals surface area contributed by atoms with Gasteiger partial charge in [-0.2, -0.15) is 4.98 Å². The van der Waals surface area contributed by atoms with Crippen molar-refractivity contribution in [3.8, 4) is 11.6 Å². The minimum absolute atomic E-state index is 0.633. The molecule has 2 rings (SSSR count). The van der Waals surface area contributed by atoms with Gasteiger partial charge in [-0.05, 0) is 29.7 Å². The fourth-order valence-electron chi connectivity index (χ4n) is 1.70. The van der Waals surface area contributed by atoms with Crippen LogP contribution in [-0.4, -0.2) is 33.3 Å². The molecule has 0 saturated carbocycles. The van der Waals surface area contributed by atoms with Gasteiger partial charge in [0, 0.05) is 19.5 Å². The van der Waals surface area contributed by atoms with Gasteiger partial charge in [0.1, 0.15) is 11.6 Å². The van der Waals surface area contributed by atoms with Crippen LogP contribution in [0.5, 0.6) is 11.6 Å². The summed E-state index contributed by atoms with van der Waals surface area (Å²) in [6.07, 6.45) is 0. The zero-order valence-electron chi connectivity index (χ0n) is 10.5. The average molecular weight is 232 g/mol. The quantitative estimate of drug-likeness (QED) is 0.813. The van der Waals surface area contributed by atoms with Crippen LogP contribution in [-0.2, 0) is 0 Å². The summed E-state index contributed by atoms with van der Waals surface area (Å²) < 4.78 is 10.5. The predicted octanol–water partition coefficient (Wildman–Crippen LogP) is 2.32. The lowest BCUT2D eigenvalue weighted by atomic mass is 10.1. The van der Waals surface area contributed by atoms with Crippen molar-refractivity contribution in [1.29, 1.82) is 0 Å². The van der Waals surface area contributed by atoms with Crippen molar-refractivity contribution in [2.24, 2.45) is 0 Å². The SMILES string of the molecule is COc1ccc2c(OC)nc(N(C)C)cc2c1. The van der Waals surface area contributed by atoms with Gasteiger partial charge in [0.15, 0.2) is 0 Å². The van der Waals surface area contributed by atoms with E-state index in [-0.39, 0.29) is 0 Å². The monoisotopic (exact) mass is 232 g/mol. The average Bonchev–Trinajstić information content (AvgIpc) is 2.36. The van der Waals surface area contributed by atoms with Crippen LogP contribution in [0.2, 0.25) is 0 Å². The van der Waals surface area contributed by atoms with E-state index in [1.165, 1.54) is 0 Å². The number of pyridine rings is 1. The van der Waals surface area contributed by atoms with E-state index in [2.05, 4.69) is 4.98 Å². The Morgan fingerprint density at radius 1 is 1.06 bits per heavy atom. The van der Waals surface area contributed by atoms with Gasteiger partial charge >= 0.3 is 0 Å². The first kappa shape index (κ1) is 11.5. The van der Waals surface area contributed by atoms with Crippen molar-refractivity contribution in [1.82, 2.24) is 4.98 Å². The summed E-state index contributed by atoms with van der Waals surface area (Å²) in [6, 6.07) is 7.86. The summed E-state index contributed by atoms with van der Waals surface area (Å²) in [5.74, 6) is 2.33. The lowest BCUT2D eigenvalue weighted by molar-refractivity contribution is 0.403. The van der Waals surface area contributed by atoms with Crippen LogP contribution in [0.4, 0.5) is 5.82 Å². The first-order valence-electron chi connectivity index (χ1n) is 5.36. The number of aromatic nitrogens is 1. The number of hydrogen-bond acceptors (Lipinski definition) is 4. The van der Waals surface area contributed by atoms with E-state index in [1.807, 2.05) is 43.3 Å². The normalized spacial score (nSPS) is 10.4. The molecule has 0 radical (unpaired) electrons. The van der Waals surface area contributed by atoms with Gasteiger partial charge in [0.25, 0.3) is 0 Å². The first-order valence-corrected chi connectivity index (χ1v) is 5.36. The molecule has 4 heteroatoms. The van der Waals surface area contributed by atoms with Crippen LogP contribution in [0.25, 0.3) is 10.8 Å². The maximum atomic E-state index is 5.31. The van der Waals surface area contributed by atoms with Gasteiger partial charge < -0.3 is 14.4 Å². The van der Waals surface area contributed by atoms with Crippen molar-refractivity contribution >= 4 is 16.6 Å². The second-order valence-corrected chi connectivity index (χ2v) is 3.97. The third-order valence-corrected chi connectivity index (χ3v) is 2.64. The molecular weight excluding hydrogens is 216 g/mol. The summed E-state index contributed by atoms with van der Waals surface area (Å²) in [6.45, 7) is 0. The van der Waals surface area contributed by atoms with E-state index in [9.17, 15) is 0 Å². The number of fused-ring (bicyclic) bond motifs is 1. The lowest BCUT2D eigenvalue weighted by Crippen LogP contribution is -2.11. The number of benzene rings is 1. The number of rotatable bonds is 3. The molecule has 0 aliphatic rings. The Morgan fingerprint density at radius 3 is 2.41 bits per heavy atom. The molecule has 17 heavy (non-hydrogen) atoms. The van der Waals surface area contributed by atoms with Crippen LogP contribution in [0.1, 0.15) is 0 Å². The number of nitrogens with zero attached hydrogens (tertiary/aromatic N) is 2. The van der Waals surface area contributed by atoms with Gasteiger partial charge in [0.05, 0.1) is 14.2 Å². The molecule has 2 aromatic rings. The molecular formula is C13H16N2O2. The minimum atomic E-state index is 0.633. The van der Waals surface area contributed by atoms with Crippen molar-refractivity contribution in [2.45, 2.75) is 0 Å². The van der Waals surface area contributed by atoms with Gasteiger partial charge in [-0.25, -0.2) is 0 Å². The number of ether oxygens (including phenoxy) is 2. The van der Waals surface area contributed by atoms with E-state index in [4.69, 9.17) is 9.47 Å². The maximum Gasteiger partial charge on any atom is 0.223 e. The second kappa shape index (κ2) is 4.49. The van der Waals surface area contributed by atoms with Crippen LogP contribution in [0, 0.1) is 0 Å². The molecule has 0 aliphatic heterocycles. The lowest BCUT2D eigenvalue weighted by Gasteiger charge is -2.14. The van der Waals surface area contributed by atoms with Gasteiger partial charge in [-0.15, -0.1) is 0 Å². The second-order valence-electron chi connectivity index (χ2n) is 3.97. The molecule has 1 aromatic heterocycles. The van der Waals surface area contributed by atoms with Gasteiger partial charge in [-0.1, -0.05) is 0 Å². The molecule has 90 valence electrons. The molecule has 0 N–H and O–H groups in total. The van der Waals surface area contributed by atoms with Gasteiger partial charge in [0.2, 0.25) is 5.88 Å². The third kappa shape index (κ3) is 2.11. The Kier molecular flexibility index (Phi) is 3.04. The Hall–Kier alpha value is -1.97. The molecule has 0 unspecified atom stereocenters. The highest BCUT2D eigenvalue weighted by Crippen LogP contribution is 2.30. The number of hydrogen-bond donors (Lipinski definition) is 0. The topological polar surface area (TPSA) is 34.6 Å². The van der Waals surface area contributed by atoms with Crippen molar-refractivity contribution in [2.75, 3.05) is 33.2 Å². The molecule has 1 heterocycles. The maximum absolute atomic E-state index is 5.31. The molecule has 0 aliphatic carbocycles. The zero-order valence-corrected chi connectivity index (χ0v) is 10.5. The molecule has 0 atom stereocenters. The van der Waals surface area contributed by atoms with Crippen molar-refractivity contribution in [3.63, 3.8) is 0 Å². The summed E-state index contributed by atoms with van der Waals surface area (Å²) in [5, 5.41) is 2.04. The van der Waals surface area contributed by atoms with Crippen LogP contribution in [0.15, 0.2) is 24.3 Å². The Labute approximate surface area is 101 Å². The fourth-order valence-corrected chi connectivity index (χ4v) is 1.70. The number of anilines is 1. The largest absolute Gasteiger partial charge is 0.497 e. The Morgan fingerprint density at radius 2 is 1.82 bits per heavy atom.